The van der Waals surface area contributed by atoms with Gasteiger partial charge >= 0.3 is 0 Å². The van der Waals surface area contributed by atoms with E-state index in [1.807, 2.05) is 4.90 Å². The van der Waals surface area contributed by atoms with Gasteiger partial charge < -0.3 is 10.2 Å². The van der Waals surface area contributed by atoms with Gasteiger partial charge in [0, 0.05) is 33.1 Å². The third-order valence-electron chi connectivity index (χ3n) is 6.86. The van der Waals surface area contributed by atoms with E-state index in [1.54, 1.807) is 24.3 Å². The topological polar surface area (TPSA) is 52.7 Å². The second-order valence-corrected chi connectivity index (χ2v) is 9.09. The molecule has 1 N–H and O–H groups in total. The summed E-state index contributed by atoms with van der Waals surface area (Å²) < 4.78 is 27.1. The molecule has 1 unspecified atom stereocenters. The molecular formula is C26H31F2N3O2. The molecule has 0 bridgehead atoms. The van der Waals surface area contributed by atoms with E-state index in [2.05, 4.69) is 10.2 Å². The van der Waals surface area contributed by atoms with Crippen LogP contribution in [0, 0.1) is 17.6 Å². The lowest BCUT2D eigenvalue weighted by Crippen LogP contribution is -2.57. The fraction of sp³-hybridized carbons (Fsp3) is 0.462. The quantitative estimate of drug-likeness (QED) is 0.719. The molecule has 2 aromatic rings. The van der Waals surface area contributed by atoms with Gasteiger partial charge in [-0.1, -0.05) is 37.1 Å². The summed E-state index contributed by atoms with van der Waals surface area (Å²) in [6, 6.07) is 12.2. The molecule has 1 saturated heterocycles. The molecule has 1 aliphatic carbocycles. The lowest BCUT2D eigenvalue weighted by atomic mass is 9.95. The van der Waals surface area contributed by atoms with Crippen molar-refractivity contribution in [2.45, 2.75) is 44.7 Å². The predicted octanol–water partition coefficient (Wildman–Crippen LogP) is 3.89. The lowest BCUT2D eigenvalue weighted by Gasteiger charge is -2.41. The maximum Gasteiger partial charge on any atom is 0.245 e. The fourth-order valence-corrected chi connectivity index (χ4v) is 5.19. The molecule has 2 fully saturated rings. The van der Waals surface area contributed by atoms with Crippen LogP contribution in [-0.4, -0.2) is 53.8 Å². The molecule has 176 valence electrons. The number of hydrogen-bond donors (Lipinski definition) is 1. The number of hydrogen-bond acceptors (Lipinski definition) is 3. The molecule has 1 aliphatic heterocycles. The molecular weight excluding hydrogens is 424 g/mol. The highest BCUT2D eigenvalue weighted by Crippen LogP contribution is 2.32. The molecule has 4 rings (SSSR count). The van der Waals surface area contributed by atoms with Crippen LogP contribution in [0.5, 0.6) is 0 Å². The summed E-state index contributed by atoms with van der Waals surface area (Å²) in [5.74, 6) is -0.583. The highest BCUT2D eigenvalue weighted by atomic mass is 19.1. The van der Waals surface area contributed by atoms with E-state index in [9.17, 15) is 18.4 Å². The first kappa shape index (κ1) is 23.4. The van der Waals surface area contributed by atoms with Crippen molar-refractivity contribution in [3.8, 4) is 0 Å². The third-order valence-corrected chi connectivity index (χ3v) is 6.86. The van der Waals surface area contributed by atoms with Crippen LogP contribution in [0.2, 0.25) is 0 Å². The summed E-state index contributed by atoms with van der Waals surface area (Å²) in [7, 11) is 0. The van der Waals surface area contributed by atoms with E-state index in [4.69, 9.17) is 0 Å². The van der Waals surface area contributed by atoms with Crippen LogP contribution in [0.15, 0.2) is 48.5 Å². The molecule has 33 heavy (non-hydrogen) atoms. The van der Waals surface area contributed by atoms with Gasteiger partial charge in [-0.3, -0.25) is 14.5 Å². The van der Waals surface area contributed by atoms with Crippen molar-refractivity contribution in [3.05, 3.63) is 71.3 Å². The average Bonchev–Trinajstić information content (AvgIpc) is 3.35. The van der Waals surface area contributed by atoms with Gasteiger partial charge in [0.25, 0.3) is 0 Å². The van der Waals surface area contributed by atoms with Crippen LogP contribution in [0.3, 0.4) is 0 Å². The van der Waals surface area contributed by atoms with Crippen molar-refractivity contribution in [3.63, 3.8) is 0 Å². The number of nitrogens with one attached hydrogen (secondary N) is 1. The van der Waals surface area contributed by atoms with E-state index in [0.717, 1.165) is 36.8 Å². The monoisotopic (exact) mass is 455 g/mol. The Hall–Kier alpha value is -2.80. The van der Waals surface area contributed by atoms with Gasteiger partial charge in [-0.05, 0) is 54.2 Å². The number of amides is 2. The van der Waals surface area contributed by atoms with Gasteiger partial charge in [0.2, 0.25) is 11.8 Å². The number of halogens is 2. The molecule has 0 spiro atoms. The van der Waals surface area contributed by atoms with E-state index >= 15 is 0 Å². The van der Waals surface area contributed by atoms with E-state index < -0.39 is 6.04 Å². The molecule has 7 heteroatoms. The van der Waals surface area contributed by atoms with Crippen molar-refractivity contribution in [1.29, 1.82) is 0 Å². The Labute approximate surface area is 193 Å². The largest absolute Gasteiger partial charge is 0.344 e. The Morgan fingerprint density at radius 1 is 0.848 bits per heavy atom. The number of rotatable bonds is 6. The van der Waals surface area contributed by atoms with Crippen molar-refractivity contribution in [2.24, 2.45) is 5.92 Å². The van der Waals surface area contributed by atoms with Crippen LogP contribution in [0.25, 0.3) is 0 Å². The molecule has 2 aliphatic rings. The second-order valence-electron chi connectivity index (χ2n) is 9.09. The molecule has 1 atom stereocenters. The maximum absolute atomic E-state index is 13.5. The van der Waals surface area contributed by atoms with E-state index in [0.29, 0.717) is 26.2 Å². The molecule has 2 amide bonds. The number of benzene rings is 2. The van der Waals surface area contributed by atoms with Crippen LogP contribution in [-0.2, 0) is 9.59 Å². The highest BCUT2D eigenvalue weighted by molar-refractivity contribution is 5.87. The minimum Gasteiger partial charge on any atom is -0.344 e. The zero-order valence-electron chi connectivity index (χ0n) is 19.0. The lowest BCUT2D eigenvalue weighted by molar-refractivity contribution is -0.139. The van der Waals surface area contributed by atoms with Gasteiger partial charge in [-0.15, -0.1) is 0 Å². The third kappa shape index (κ3) is 5.58. The van der Waals surface area contributed by atoms with Gasteiger partial charge in [-0.25, -0.2) is 8.78 Å². The summed E-state index contributed by atoms with van der Waals surface area (Å²) >= 11 is 0. The van der Waals surface area contributed by atoms with Crippen molar-refractivity contribution >= 4 is 11.8 Å². The number of carbonyl (C=O) groups excluding carboxylic acids is 2. The van der Waals surface area contributed by atoms with Gasteiger partial charge in [-0.2, -0.15) is 0 Å². The van der Waals surface area contributed by atoms with E-state index in [1.165, 1.54) is 31.2 Å². The summed E-state index contributed by atoms with van der Waals surface area (Å²) in [5.41, 5.74) is 1.84. The Balaban J connectivity index is 1.49. The van der Waals surface area contributed by atoms with Gasteiger partial charge in [0.15, 0.2) is 0 Å². The van der Waals surface area contributed by atoms with E-state index in [-0.39, 0.29) is 35.4 Å². The zero-order valence-corrected chi connectivity index (χ0v) is 19.0. The Bertz CT molecular complexity index is 905. The first-order valence-corrected chi connectivity index (χ1v) is 11.7. The summed E-state index contributed by atoms with van der Waals surface area (Å²) in [6.07, 6.45) is 4.12. The maximum atomic E-state index is 13.5. The van der Waals surface area contributed by atoms with Crippen LogP contribution in [0.4, 0.5) is 8.78 Å². The van der Waals surface area contributed by atoms with Gasteiger partial charge in [0.05, 0.1) is 6.04 Å². The predicted molar refractivity (Wildman–Crippen MR) is 122 cm³/mol. The standard InChI is InChI=1S/C26H31F2N3O2/c1-18(32)29-24(19-4-2-3-5-19)26(33)31-16-14-30(15-17-31)25(20-6-10-22(27)11-7-20)21-8-12-23(28)13-9-21/h6-13,19,24-25H,2-5,14-17H2,1H3,(H,29,32). The molecule has 0 aromatic heterocycles. The summed E-state index contributed by atoms with van der Waals surface area (Å²) in [4.78, 5) is 29.2. The number of nitrogens with zero attached hydrogens (tertiary/aromatic N) is 2. The summed E-state index contributed by atoms with van der Waals surface area (Å²) in [5, 5.41) is 2.90. The average molecular weight is 456 g/mol. The molecule has 1 heterocycles. The molecule has 0 radical (unpaired) electrons. The zero-order chi connectivity index (χ0) is 23.4. The number of piperazine rings is 1. The smallest absolute Gasteiger partial charge is 0.245 e. The first-order chi connectivity index (χ1) is 15.9. The molecule has 5 nitrogen and oxygen atoms in total. The normalized spacial score (nSPS) is 18.5. The van der Waals surface area contributed by atoms with Crippen LogP contribution in [0.1, 0.15) is 49.8 Å². The number of carbonyl (C=O) groups is 2. The highest BCUT2D eigenvalue weighted by Gasteiger charge is 2.36. The van der Waals surface area contributed by atoms with Gasteiger partial charge in [0.1, 0.15) is 17.7 Å². The Morgan fingerprint density at radius 3 is 1.79 bits per heavy atom. The first-order valence-electron chi connectivity index (χ1n) is 11.7. The van der Waals surface area contributed by atoms with Crippen molar-refractivity contribution in [1.82, 2.24) is 15.1 Å². The fourth-order valence-electron chi connectivity index (χ4n) is 5.19. The second kappa shape index (κ2) is 10.4. The van der Waals surface area contributed by atoms with Crippen LogP contribution < -0.4 is 5.32 Å². The Morgan fingerprint density at radius 2 is 1.33 bits per heavy atom. The Kier molecular flexibility index (Phi) is 7.38. The molecule has 2 aromatic carbocycles. The summed E-state index contributed by atoms with van der Waals surface area (Å²) in [6.45, 7) is 3.80. The molecule has 1 saturated carbocycles. The van der Waals surface area contributed by atoms with Crippen LogP contribution >= 0.6 is 0 Å². The van der Waals surface area contributed by atoms with Crippen molar-refractivity contribution < 1.29 is 18.4 Å². The minimum atomic E-state index is -0.457. The van der Waals surface area contributed by atoms with Crippen molar-refractivity contribution in [2.75, 3.05) is 26.2 Å². The SMILES string of the molecule is CC(=O)NC(C(=O)N1CCN(C(c2ccc(F)cc2)c2ccc(F)cc2)CC1)C1CCCC1. The minimum absolute atomic E-state index is 0.00290.